The molecule has 26 heavy (non-hydrogen) atoms. The van der Waals surface area contributed by atoms with Crippen molar-refractivity contribution in [1.29, 1.82) is 0 Å². The van der Waals surface area contributed by atoms with E-state index in [0.717, 1.165) is 27.5 Å². The number of nitrogens with one attached hydrogen (secondary N) is 1. The number of aromatic nitrogens is 4. The Morgan fingerprint density at radius 2 is 1.96 bits per heavy atom. The number of hydrogen-bond acceptors (Lipinski definition) is 4. The SMILES string of the molecule is Cc1nc2nc(CC(=O)NC(C)C)nn2c(C)c1Cc1ccccc1Cl. The van der Waals surface area contributed by atoms with Gasteiger partial charge in [0.1, 0.15) is 0 Å². The zero-order valence-electron chi connectivity index (χ0n) is 15.4. The van der Waals surface area contributed by atoms with Gasteiger partial charge in [-0.1, -0.05) is 29.8 Å². The Balaban J connectivity index is 1.94. The summed E-state index contributed by atoms with van der Waals surface area (Å²) in [5.74, 6) is 0.880. The van der Waals surface area contributed by atoms with Crippen LogP contribution in [0.1, 0.15) is 42.2 Å². The maximum absolute atomic E-state index is 12.0. The molecule has 0 saturated carbocycles. The molecule has 0 spiro atoms. The molecule has 2 heterocycles. The highest BCUT2D eigenvalue weighted by Crippen LogP contribution is 2.22. The van der Waals surface area contributed by atoms with Crippen molar-refractivity contribution in [2.45, 2.75) is 46.6 Å². The van der Waals surface area contributed by atoms with Gasteiger partial charge in [0, 0.05) is 28.9 Å². The normalized spacial score (nSPS) is 11.3. The Bertz CT molecular complexity index is 964. The lowest BCUT2D eigenvalue weighted by Gasteiger charge is -2.11. The van der Waals surface area contributed by atoms with Crippen LogP contribution in [-0.2, 0) is 17.6 Å². The molecule has 1 N–H and O–H groups in total. The Morgan fingerprint density at radius 1 is 1.23 bits per heavy atom. The maximum Gasteiger partial charge on any atom is 0.252 e. The molecular formula is C19H22ClN5O. The van der Waals surface area contributed by atoms with Gasteiger partial charge in [-0.2, -0.15) is 4.98 Å². The van der Waals surface area contributed by atoms with Crippen LogP contribution in [0, 0.1) is 13.8 Å². The molecular weight excluding hydrogens is 350 g/mol. The van der Waals surface area contributed by atoms with Gasteiger partial charge < -0.3 is 5.32 Å². The number of nitrogens with zero attached hydrogens (tertiary/aromatic N) is 4. The summed E-state index contributed by atoms with van der Waals surface area (Å²) in [6.07, 6.45) is 0.809. The smallest absolute Gasteiger partial charge is 0.252 e. The molecule has 2 aromatic heterocycles. The van der Waals surface area contributed by atoms with Gasteiger partial charge in [0.05, 0.1) is 6.42 Å². The number of halogens is 1. The second-order valence-corrected chi connectivity index (χ2v) is 7.08. The minimum atomic E-state index is -0.0958. The van der Waals surface area contributed by atoms with E-state index in [9.17, 15) is 4.79 Å². The van der Waals surface area contributed by atoms with E-state index in [4.69, 9.17) is 11.6 Å². The summed E-state index contributed by atoms with van der Waals surface area (Å²) in [6.45, 7) is 7.79. The van der Waals surface area contributed by atoms with Crippen LogP contribution in [0.25, 0.3) is 5.78 Å². The predicted octanol–water partition coefficient (Wildman–Crippen LogP) is 3.05. The fourth-order valence-electron chi connectivity index (χ4n) is 2.93. The number of hydrogen-bond donors (Lipinski definition) is 1. The number of benzene rings is 1. The molecule has 1 amide bonds. The van der Waals surface area contributed by atoms with E-state index in [2.05, 4.69) is 20.4 Å². The van der Waals surface area contributed by atoms with Crippen molar-refractivity contribution in [2.75, 3.05) is 0 Å². The summed E-state index contributed by atoms with van der Waals surface area (Å²) in [7, 11) is 0. The highest BCUT2D eigenvalue weighted by molar-refractivity contribution is 6.31. The van der Waals surface area contributed by atoms with E-state index in [1.54, 1.807) is 4.52 Å². The molecule has 0 bridgehead atoms. The van der Waals surface area contributed by atoms with Crippen LogP contribution in [0.5, 0.6) is 0 Å². The first-order chi connectivity index (χ1) is 12.3. The van der Waals surface area contributed by atoms with Crippen molar-refractivity contribution in [3.05, 3.63) is 57.6 Å². The fourth-order valence-corrected chi connectivity index (χ4v) is 3.13. The van der Waals surface area contributed by atoms with Crippen LogP contribution in [-0.4, -0.2) is 31.5 Å². The van der Waals surface area contributed by atoms with Crippen LogP contribution in [0.4, 0.5) is 0 Å². The molecule has 3 rings (SSSR count). The molecule has 0 aliphatic carbocycles. The lowest BCUT2D eigenvalue weighted by molar-refractivity contribution is -0.121. The highest BCUT2D eigenvalue weighted by atomic mass is 35.5. The summed E-state index contributed by atoms with van der Waals surface area (Å²) in [5.41, 5.74) is 3.95. The number of carbonyl (C=O) groups excluding carboxylic acids is 1. The van der Waals surface area contributed by atoms with E-state index in [0.29, 0.717) is 18.0 Å². The van der Waals surface area contributed by atoms with Crippen molar-refractivity contribution < 1.29 is 4.79 Å². The van der Waals surface area contributed by atoms with Gasteiger partial charge in [-0.05, 0) is 44.9 Å². The summed E-state index contributed by atoms with van der Waals surface area (Å²) < 4.78 is 1.71. The van der Waals surface area contributed by atoms with E-state index in [-0.39, 0.29) is 18.4 Å². The van der Waals surface area contributed by atoms with Crippen molar-refractivity contribution >= 4 is 23.3 Å². The zero-order chi connectivity index (χ0) is 18.8. The molecule has 136 valence electrons. The summed E-state index contributed by atoms with van der Waals surface area (Å²) in [6, 6.07) is 7.87. The third-order valence-corrected chi connectivity index (χ3v) is 4.55. The molecule has 0 aliphatic heterocycles. The number of carbonyl (C=O) groups is 1. The fraction of sp³-hybridized carbons (Fsp3) is 0.368. The van der Waals surface area contributed by atoms with Gasteiger partial charge in [0.15, 0.2) is 5.82 Å². The maximum atomic E-state index is 12.0. The third kappa shape index (κ3) is 3.85. The predicted molar refractivity (Wildman–Crippen MR) is 101 cm³/mol. The molecule has 7 heteroatoms. The van der Waals surface area contributed by atoms with Gasteiger partial charge in [-0.25, -0.2) is 9.50 Å². The molecule has 0 radical (unpaired) electrons. The average molecular weight is 372 g/mol. The van der Waals surface area contributed by atoms with Crippen LogP contribution in [0.15, 0.2) is 24.3 Å². The van der Waals surface area contributed by atoms with Gasteiger partial charge in [-0.15, -0.1) is 5.10 Å². The quantitative estimate of drug-likeness (QED) is 0.748. The lowest BCUT2D eigenvalue weighted by Crippen LogP contribution is -2.31. The first kappa shape index (κ1) is 18.3. The van der Waals surface area contributed by atoms with E-state index in [1.807, 2.05) is 52.0 Å². The van der Waals surface area contributed by atoms with Crippen molar-refractivity contribution in [2.24, 2.45) is 0 Å². The molecule has 0 saturated heterocycles. The Kier molecular flexibility index (Phi) is 5.23. The minimum Gasteiger partial charge on any atom is -0.354 e. The largest absolute Gasteiger partial charge is 0.354 e. The number of rotatable bonds is 5. The lowest BCUT2D eigenvalue weighted by atomic mass is 10.0. The van der Waals surface area contributed by atoms with Crippen LogP contribution in [0.3, 0.4) is 0 Å². The topological polar surface area (TPSA) is 72.2 Å². The molecule has 3 aromatic rings. The first-order valence-corrected chi connectivity index (χ1v) is 8.97. The zero-order valence-corrected chi connectivity index (χ0v) is 16.1. The third-order valence-electron chi connectivity index (χ3n) is 4.19. The monoisotopic (exact) mass is 371 g/mol. The molecule has 1 aromatic carbocycles. The van der Waals surface area contributed by atoms with Crippen LogP contribution >= 0.6 is 11.6 Å². The summed E-state index contributed by atoms with van der Waals surface area (Å²) in [5, 5.41) is 8.06. The second-order valence-electron chi connectivity index (χ2n) is 6.67. The van der Waals surface area contributed by atoms with E-state index < -0.39 is 0 Å². The Hall–Kier alpha value is -2.47. The minimum absolute atomic E-state index is 0.0869. The average Bonchev–Trinajstić information content (AvgIpc) is 2.94. The van der Waals surface area contributed by atoms with Gasteiger partial charge in [-0.3, -0.25) is 4.79 Å². The first-order valence-electron chi connectivity index (χ1n) is 8.59. The summed E-state index contributed by atoms with van der Waals surface area (Å²) >= 11 is 6.30. The van der Waals surface area contributed by atoms with Crippen molar-refractivity contribution in [3.63, 3.8) is 0 Å². The highest BCUT2D eigenvalue weighted by Gasteiger charge is 2.16. The van der Waals surface area contributed by atoms with E-state index >= 15 is 0 Å². The van der Waals surface area contributed by atoms with E-state index in [1.165, 1.54) is 0 Å². The summed E-state index contributed by atoms with van der Waals surface area (Å²) in [4.78, 5) is 20.9. The Morgan fingerprint density at radius 3 is 2.65 bits per heavy atom. The van der Waals surface area contributed by atoms with Gasteiger partial charge >= 0.3 is 0 Å². The molecule has 0 atom stereocenters. The van der Waals surface area contributed by atoms with Crippen LogP contribution < -0.4 is 5.32 Å². The van der Waals surface area contributed by atoms with Gasteiger partial charge in [0.25, 0.3) is 5.78 Å². The number of fused-ring (bicyclic) bond motifs is 1. The Labute approximate surface area is 157 Å². The standard InChI is InChI=1S/C19H22ClN5O/c1-11(2)21-18(26)10-17-23-19-22-12(3)15(13(4)25(19)24-17)9-14-7-5-6-8-16(14)20/h5-8,11H,9-10H2,1-4H3,(H,21,26). The number of aryl methyl sites for hydroxylation is 2. The molecule has 0 aliphatic rings. The second kappa shape index (κ2) is 7.41. The molecule has 6 nitrogen and oxygen atoms in total. The number of amides is 1. The van der Waals surface area contributed by atoms with Crippen LogP contribution in [0.2, 0.25) is 5.02 Å². The van der Waals surface area contributed by atoms with Crippen molar-refractivity contribution in [1.82, 2.24) is 24.9 Å². The van der Waals surface area contributed by atoms with Gasteiger partial charge in [0.2, 0.25) is 5.91 Å². The van der Waals surface area contributed by atoms with Crippen molar-refractivity contribution in [3.8, 4) is 0 Å². The molecule has 0 fully saturated rings. The molecule has 0 unspecified atom stereocenters.